The molecule has 1 aromatic rings. The van der Waals surface area contributed by atoms with Crippen LogP contribution in [0.15, 0.2) is 24.3 Å². The number of hydrogen-bond donors (Lipinski definition) is 1. The van der Waals surface area contributed by atoms with E-state index in [1.807, 2.05) is 59.1 Å². The van der Waals surface area contributed by atoms with Gasteiger partial charge < -0.3 is 14.7 Å². The van der Waals surface area contributed by atoms with Crippen LogP contribution in [-0.2, 0) is 5.60 Å². The van der Waals surface area contributed by atoms with Gasteiger partial charge in [0.15, 0.2) is 0 Å². The van der Waals surface area contributed by atoms with Crippen molar-refractivity contribution in [2.24, 2.45) is 5.92 Å². The van der Waals surface area contributed by atoms with Crippen molar-refractivity contribution in [3.05, 3.63) is 29.8 Å². The molecule has 0 aliphatic rings. The lowest BCUT2D eigenvalue weighted by Crippen LogP contribution is -2.38. The van der Waals surface area contributed by atoms with E-state index >= 15 is 0 Å². The van der Waals surface area contributed by atoms with Crippen LogP contribution in [0.1, 0.15) is 39.7 Å². The topological polar surface area (TPSA) is 32.7 Å². The van der Waals surface area contributed by atoms with Gasteiger partial charge in [0.1, 0.15) is 5.75 Å². The highest BCUT2D eigenvalue weighted by Crippen LogP contribution is 2.34. The lowest BCUT2D eigenvalue weighted by molar-refractivity contribution is -0.0293. The second-order valence-electron chi connectivity index (χ2n) is 5.17. The van der Waals surface area contributed by atoms with E-state index in [1.165, 1.54) is 0 Å². The van der Waals surface area contributed by atoms with Crippen LogP contribution >= 0.6 is 0 Å². The fourth-order valence-corrected chi connectivity index (χ4v) is 2.43. The molecule has 0 amide bonds. The number of benzene rings is 1. The molecule has 3 heteroatoms. The minimum absolute atomic E-state index is 0.157. The highest BCUT2D eigenvalue weighted by atomic mass is 16.5. The van der Waals surface area contributed by atoms with Crippen molar-refractivity contribution in [1.82, 2.24) is 4.90 Å². The van der Waals surface area contributed by atoms with Crippen molar-refractivity contribution in [1.29, 1.82) is 0 Å². The summed E-state index contributed by atoms with van der Waals surface area (Å²) in [6.07, 6.45) is 0.690. The van der Waals surface area contributed by atoms with Gasteiger partial charge in [-0.3, -0.25) is 0 Å². The molecule has 0 bridgehead atoms. The number of hydrogen-bond acceptors (Lipinski definition) is 3. The van der Waals surface area contributed by atoms with E-state index in [0.29, 0.717) is 6.42 Å². The zero-order chi connectivity index (χ0) is 15.8. The molecule has 1 rings (SSSR count). The van der Waals surface area contributed by atoms with E-state index in [-0.39, 0.29) is 5.92 Å². The molecule has 0 aromatic heterocycles. The van der Waals surface area contributed by atoms with Gasteiger partial charge in [-0.15, -0.1) is 0 Å². The standard InChI is InChI=1S/C15H25NO2.C2H6/c1-6-15(17,12(2)11-16(3)4)13-8-7-9-14(10-13)18-5;1-2/h7-10,12,17H,6,11H2,1-5H3;1-2H3/t12-,15+;/m0./s1. The zero-order valence-electron chi connectivity index (χ0n) is 14.1. The van der Waals surface area contributed by atoms with Gasteiger partial charge in [0.25, 0.3) is 0 Å². The predicted molar refractivity (Wildman–Crippen MR) is 86.2 cm³/mol. The van der Waals surface area contributed by atoms with Crippen LogP contribution in [0, 0.1) is 5.92 Å². The van der Waals surface area contributed by atoms with E-state index in [0.717, 1.165) is 17.9 Å². The predicted octanol–water partition coefficient (Wildman–Crippen LogP) is 3.52. The zero-order valence-corrected chi connectivity index (χ0v) is 14.1. The van der Waals surface area contributed by atoms with Crippen molar-refractivity contribution < 1.29 is 9.84 Å². The Labute approximate surface area is 124 Å². The van der Waals surface area contributed by atoms with Gasteiger partial charge in [0, 0.05) is 12.5 Å². The van der Waals surface area contributed by atoms with Gasteiger partial charge in [-0.2, -0.15) is 0 Å². The van der Waals surface area contributed by atoms with Gasteiger partial charge in [0.05, 0.1) is 12.7 Å². The minimum Gasteiger partial charge on any atom is -0.497 e. The summed E-state index contributed by atoms with van der Waals surface area (Å²) in [5.74, 6) is 0.945. The molecule has 0 radical (unpaired) electrons. The third kappa shape index (κ3) is 4.80. The first kappa shape index (κ1) is 18.9. The molecule has 1 aromatic carbocycles. The summed E-state index contributed by atoms with van der Waals surface area (Å²) in [5, 5.41) is 10.9. The Balaban J connectivity index is 0.00000172. The molecule has 0 unspecified atom stereocenters. The van der Waals surface area contributed by atoms with Gasteiger partial charge in [-0.05, 0) is 38.2 Å². The molecule has 1 N–H and O–H groups in total. The summed E-state index contributed by atoms with van der Waals surface area (Å²) >= 11 is 0. The molecule has 0 heterocycles. The fourth-order valence-electron chi connectivity index (χ4n) is 2.43. The van der Waals surface area contributed by atoms with Crippen molar-refractivity contribution in [3.63, 3.8) is 0 Å². The summed E-state index contributed by atoms with van der Waals surface area (Å²) in [4.78, 5) is 2.10. The first-order valence-electron chi connectivity index (χ1n) is 7.45. The maximum atomic E-state index is 10.9. The molecule has 0 aliphatic carbocycles. The molecule has 0 saturated heterocycles. The highest BCUT2D eigenvalue weighted by molar-refractivity contribution is 5.32. The maximum absolute atomic E-state index is 10.9. The van der Waals surface area contributed by atoms with Gasteiger partial charge >= 0.3 is 0 Å². The molecule has 0 aliphatic heterocycles. The molecule has 3 nitrogen and oxygen atoms in total. The Kier molecular flexibility index (Phi) is 8.51. The largest absolute Gasteiger partial charge is 0.497 e. The summed E-state index contributed by atoms with van der Waals surface area (Å²) in [6.45, 7) is 8.95. The first-order chi connectivity index (χ1) is 9.43. The summed E-state index contributed by atoms with van der Waals surface area (Å²) in [5.41, 5.74) is 0.123. The van der Waals surface area contributed by atoms with Crippen LogP contribution in [0.4, 0.5) is 0 Å². The molecule has 0 saturated carbocycles. The van der Waals surface area contributed by atoms with Crippen molar-refractivity contribution in [2.45, 2.75) is 39.7 Å². The van der Waals surface area contributed by atoms with Crippen LogP contribution in [0.25, 0.3) is 0 Å². The van der Waals surface area contributed by atoms with E-state index < -0.39 is 5.60 Å². The van der Waals surface area contributed by atoms with Gasteiger partial charge in [0.2, 0.25) is 0 Å². The normalized spacial score (nSPS) is 15.1. The Morgan fingerprint density at radius 2 is 1.90 bits per heavy atom. The fraction of sp³-hybridized carbons (Fsp3) is 0.647. The number of nitrogens with zero attached hydrogens (tertiary/aromatic N) is 1. The van der Waals surface area contributed by atoms with Crippen LogP contribution in [0.2, 0.25) is 0 Å². The van der Waals surface area contributed by atoms with Gasteiger partial charge in [-0.1, -0.05) is 39.8 Å². The van der Waals surface area contributed by atoms with Crippen molar-refractivity contribution in [2.75, 3.05) is 27.7 Å². The second-order valence-corrected chi connectivity index (χ2v) is 5.17. The number of methoxy groups -OCH3 is 1. The van der Waals surface area contributed by atoms with Crippen molar-refractivity contribution >= 4 is 0 Å². The SMILES string of the molecule is CC.CC[C@](O)(c1cccc(OC)c1)[C@@H](C)CN(C)C. The molecular weight excluding hydrogens is 250 g/mol. The first-order valence-corrected chi connectivity index (χ1v) is 7.45. The third-order valence-corrected chi connectivity index (χ3v) is 3.56. The van der Waals surface area contributed by atoms with E-state index in [2.05, 4.69) is 11.8 Å². The molecule has 2 atom stereocenters. The monoisotopic (exact) mass is 281 g/mol. The number of ether oxygens (including phenoxy) is 1. The van der Waals surface area contributed by atoms with E-state index in [1.54, 1.807) is 7.11 Å². The van der Waals surface area contributed by atoms with Crippen LogP contribution in [0.3, 0.4) is 0 Å². The maximum Gasteiger partial charge on any atom is 0.119 e. The Hall–Kier alpha value is -1.06. The Bertz CT molecular complexity index is 379. The molecule has 20 heavy (non-hydrogen) atoms. The molecule has 0 spiro atoms. The van der Waals surface area contributed by atoms with Crippen LogP contribution in [-0.4, -0.2) is 37.8 Å². The minimum atomic E-state index is -0.807. The quantitative estimate of drug-likeness (QED) is 0.866. The number of rotatable bonds is 6. The van der Waals surface area contributed by atoms with Crippen LogP contribution in [0.5, 0.6) is 5.75 Å². The van der Waals surface area contributed by atoms with Crippen molar-refractivity contribution in [3.8, 4) is 5.75 Å². The summed E-state index contributed by atoms with van der Waals surface area (Å²) in [7, 11) is 5.70. The summed E-state index contributed by atoms with van der Waals surface area (Å²) in [6, 6.07) is 7.72. The highest BCUT2D eigenvalue weighted by Gasteiger charge is 2.34. The Morgan fingerprint density at radius 1 is 1.30 bits per heavy atom. The molecular formula is C17H31NO2. The molecule has 0 fully saturated rings. The average Bonchev–Trinajstić information content (AvgIpc) is 2.47. The lowest BCUT2D eigenvalue weighted by Gasteiger charge is -2.35. The number of aliphatic hydroxyl groups is 1. The van der Waals surface area contributed by atoms with E-state index in [4.69, 9.17) is 4.74 Å². The lowest BCUT2D eigenvalue weighted by atomic mass is 9.80. The average molecular weight is 281 g/mol. The smallest absolute Gasteiger partial charge is 0.119 e. The van der Waals surface area contributed by atoms with Gasteiger partial charge in [-0.25, -0.2) is 0 Å². The van der Waals surface area contributed by atoms with Crippen LogP contribution < -0.4 is 4.74 Å². The third-order valence-electron chi connectivity index (χ3n) is 3.56. The second kappa shape index (κ2) is 8.98. The van der Waals surface area contributed by atoms with E-state index in [9.17, 15) is 5.11 Å². The molecule has 116 valence electrons. The Morgan fingerprint density at radius 3 is 2.35 bits per heavy atom. The summed E-state index contributed by atoms with van der Waals surface area (Å²) < 4.78 is 5.23.